The first kappa shape index (κ1) is 14.4. The fourth-order valence-electron chi connectivity index (χ4n) is 1.69. The second-order valence-electron chi connectivity index (χ2n) is 3.32. The molecule has 1 aromatic rings. The zero-order valence-corrected chi connectivity index (χ0v) is 10.3. The first-order chi connectivity index (χ1) is 6.38. The Labute approximate surface area is 103 Å². The molecule has 0 amide bonds. The Morgan fingerprint density at radius 1 is 1.33 bits per heavy atom. The summed E-state index contributed by atoms with van der Waals surface area (Å²) in [6, 6.07) is 4.16. The molecule has 0 saturated heterocycles. The SMILES string of the molecule is Cc1ncccc1C1=CCNCC1.Cl.Cl. The van der Waals surface area contributed by atoms with Crippen LogP contribution in [-0.4, -0.2) is 18.1 Å². The number of hydrogen-bond acceptors (Lipinski definition) is 2. The maximum atomic E-state index is 4.29. The highest BCUT2D eigenvalue weighted by Crippen LogP contribution is 2.21. The smallest absolute Gasteiger partial charge is 0.0447 e. The van der Waals surface area contributed by atoms with Crippen molar-refractivity contribution < 1.29 is 0 Å². The zero-order chi connectivity index (χ0) is 9.10. The van der Waals surface area contributed by atoms with Crippen molar-refractivity contribution in [3.05, 3.63) is 35.7 Å². The van der Waals surface area contributed by atoms with Gasteiger partial charge in [-0.3, -0.25) is 4.98 Å². The number of aromatic nitrogens is 1. The molecule has 1 aliphatic heterocycles. The van der Waals surface area contributed by atoms with Gasteiger partial charge < -0.3 is 5.32 Å². The number of nitrogens with zero attached hydrogens (tertiary/aromatic N) is 1. The molecule has 0 fully saturated rings. The molecule has 1 aliphatic rings. The lowest BCUT2D eigenvalue weighted by Crippen LogP contribution is -2.20. The van der Waals surface area contributed by atoms with Crippen LogP contribution in [0.5, 0.6) is 0 Å². The van der Waals surface area contributed by atoms with Gasteiger partial charge in [-0.2, -0.15) is 0 Å². The fourth-order valence-corrected chi connectivity index (χ4v) is 1.69. The molecule has 1 N–H and O–H groups in total. The lowest BCUT2D eigenvalue weighted by atomic mass is 9.99. The third-order valence-corrected chi connectivity index (χ3v) is 2.42. The van der Waals surface area contributed by atoms with Crippen molar-refractivity contribution in [1.29, 1.82) is 0 Å². The van der Waals surface area contributed by atoms with E-state index in [1.54, 1.807) is 0 Å². The van der Waals surface area contributed by atoms with Gasteiger partial charge in [0.15, 0.2) is 0 Å². The molecule has 0 bridgehead atoms. The van der Waals surface area contributed by atoms with Gasteiger partial charge in [0.05, 0.1) is 0 Å². The summed E-state index contributed by atoms with van der Waals surface area (Å²) in [5.41, 5.74) is 3.88. The summed E-state index contributed by atoms with van der Waals surface area (Å²) in [6.07, 6.45) is 5.22. The van der Waals surface area contributed by atoms with Gasteiger partial charge in [-0.15, -0.1) is 24.8 Å². The third-order valence-electron chi connectivity index (χ3n) is 2.42. The van der Waals surface area contributed by atoms with Crippen molar-refractivity contribution in [2.24, 2.45) is 0 Å². The molecule has 0 saturated carbocycles. The van der Waals surface area contributed by atoms with Crippen molar-refractivity contribution in [3.63, 3.8) is 0 Å². The van der Waals surface area contributed by atoms with Crippen LogP contribution in [0.1, 0.15) is 17.7 Å². The molecule has 15 heavy (non-hydrogen) atoms. The fraction of sp³-hybridized carbons (Fsp3) is 0.364. The van der Waals surface area contributed by atoms with Crippen molar-refractivity contribution in [2.45, 2.75) is 13.3 Å². The van der Waals surface area contributed by atoms with Crippen molar-refractivity contribution >= 4 is 30.4 Å². The van der Waals surface area contributed by atoms with E-state index in [4.69, 9.17) is 0 Å². The number of aryl methyl sites for hydroxylation is 1. The number of pyridine rings is 1. The van der Waals surface area contributed by atoms with Gasteiger partial charge in [0, 0.05) is 18.4 Å². The van der Waals surface area contributed by atoms with Crippen molar-refractivity contribution in [1.82, 2.24) is 10.3 Å². The third kappa shape index (κ3) is 3.49. The molecule has 4 heteroatoms. The van der Waals surface area contributed by atoms with Gasteiger partial charge in [0.25, 0.3) is 0 Å². The molecule has 2 nitrogen and oxygen atoms in total. The van der Waals surface area contributed by atoms with E-state index in [9.17, 15) is 0 Å². The number of nitrogens with one attached hydrogen (secondary N) is 1. The van der Waals surface area contributed by atoms with Gasteiger partial charge >= 0.3 is 0 Å². The zero-order valence-electron chi connectivity index (χ0n) is 8.69. The Kier molecular flexibility index (Phi) is 6.57. The Hall–Kier alpha value is -0.570. The van der Waals surface area contributed by atoms with Crippen LogP contribution in [0.2, 0.25) is 0 Å². The minimum atomic E-state index is 0. The normalized spacial score (nSPS) is 14.6. The summed E-state index contributed by atoms with van der Waals surface area (Å²) in [4.78, 5) is 4.29. The van der Waals surface area contributed by atoms with E-state index in [0.717, 1.165) is 25.2 Å². The Morgan fingerprint density at radius 2 is 2.13 bits per heavy atom. The van der Waals surface area contributed by atoms with Gasteiger partial charge in [-0.25, -0.2) is 0 Å². The highest BCUT2D eigenvalue weighted by molar-refractivity contribution is 5.85. The van der Waals surface area contributed by atoms with E-state index < -0.39 is 0 Å². The van der Waals surface area contributed by atoms with Crippen LogP contribution in [0.3, 0.4) is 0 Å². The first-order valence-electron chi connectivity index (χ1n) is 4.69. The monoisotopic (exact) mass is 246 g/mol. The van der Waals surface area contributed by atoms with E-state index in [0.29, 0.717) is 0 Å². The van der Waals surface area contributed by atoms with Crippen LogP contribution in [0.15, 0.2) is 24.4 Å². The molecule has 2 rings (SSSR count). The van der Waals surface area contributed by atoms with E-state index in [1.165, 1.54) is 11.1 Å². The molecular weight excluding hydrogens is 231 g/mol. The number of halogens is 2. The van der Waals surface area contributed by atoms with E-state index in [-0.39, 0.29) is 24.8 Å². The Balaban J connectivity index is 0.000000980. The molecule has 0 aliphatic carbocycles. The van der Waals surface area contributed by atoms with Crippen LogP contribution >= 0.6 is 24.8 Å². The Morgan fingerprint density at radius 3 is 2.73 bits per heavy atom. The lowest BCUT2D eigenvalue weighted by Gasteiger charge is -2.15. The van der Waals surface area contributed by atoms with Crippen molar-refractivity contribution in [3.8, 4) is 0 Å². The van der Waals surface area contributed by atoms with Gasteiger partial charge in [0.1, 0.15) is 0 Å². The molecule has 0 spiro atoms. The van der Waals surface area contributed by atoms with Crippen LogP contribution < -0.4 is 5.32 Å². The van der Waals surface area contributed by atoms with Gasteiger partial charge in [0.2, 0.25) is 0 Å². The second kappa shape index (κ2) is 6.83. The number of hydrogen-bond donors (Lipinski definition) is 1. The van der Waals surface area contributed by atoms with Gasteiger partial charge in [-0.05, 0) is 37.1 Å². The van der Waals surface area contributed by atoms with E-state index >= 15 is 0 Å². The maximum Gasteiger partial charge on any atom is 0.0447 e. The summed E-state index contributed by atoms with van der Waals surface area (Å²) >= 11 is 0. The highest BCUT2D eigenvalue weighted by atomic mass is 35.5. The molecule has 1 aromatic heterocycles. The van der Waals surface area contributed by atoms with Crippen LogP contribution in [-0.2, 0) is 0 Å². The summed E-state index contributed by atoms with van der Waals surface area (Å²) < 4.78 is 0. The molecule has 0 aromatic carbocycles. The molecule has 0 unspecified atom stereocenters. The number of rotatable bonds is 1. The maximum absolute atomic E-state index is 4.29. The lowest BCUT2D eigenvalue weighted by molar-refractivity contribution is 0.738. The summed E-state index contributed by atoms with van der Waals surface area (Å²) in [5.74, 6) is 0. The van der Waals surface area contributed by atoms with Crippen molar-refractivity contribution in [2.75, 3.05) is 13.1 Å². The predicted octanol–water partition coefficient (Wildman–Crippen LogP) is 2.61. The topological polar surface area (TPSA) is 24.9 Å². The molecule has 0 atom stereocenters. The predicted molar refractivity (Wildman–Crippen MR) is 68.9 cm³/mol. The largest absolute Gasteiger partial charge is 0.313 e. The molecule has 84 valence electrons. The molecular formula is C11H16Cl2N2. The minimum Gasteiger partial charge on any atom is -0.313 e. The average Bonchev–Trinajstić information content (AvgIpc) is 2.20. The van der Waals surface area contributed by atoms with E-state index in [1.807, 2.05) is 12.3 Å². The highest BCUT2D eigenvalue weighted by Gasteiger charge is 2.07. The molecule has 2 heterocycles. The Bertz CT molecular complexity index is 337. The standard InChI is InChI=1S/C11H14N2.2ClH/c1-9-11(3-2-6-13-9)10-4-7-12-8-5-10;;/h2-4,6,12H,5,7-8H2,1H3;2*1H. The van der Waals surface area contributed by atoms with Crippen LogP contribution in [0, 0.1) is 6.92 Å². The first-order valence-corrected chi connectivity index (χ1v) is 4.69. The van der Waals surface area contributed by atoms with E-state index in [2.05, 4.69) is 29.4 Å². The second-order valence-corrected chi connectivity index (χ2v) is 3.32. The summed E-state index contributed by atoms with van der Waals surface area (Å²) in [7, 11) is 0. The summed E-state index contributed by atoms with van der Waals surface area (Å²) in [5, 5.41) is 3.31. The van der Waals surface area contributed by atoms with Crippen LogP contribution in [0.25, 0.3) is 5.57 Å². The molecule has 0 radical (unpaired) electrons. The van der Waals surface area contributed by atoms with Gasteiger partial charge in [-0.1, -0.05) is 12.1 Å². The van der Waals surface area contributed by atoms with Crippen LogP contribution in [0.4, 0.5) is 0 Å². The summed E-state index contributed by atoms with van der Waals surface area (Å²) in [6.45, 7) is 4.14. The quantitative estimate of drug-likeness (QED) is 0.825. The average molecular weight is 247 g/mol. The minimum absolute atomic E-state index is 0.